The van der Waals surface area contributed by atoms with Crippen LogP contribution in [-0.2, 0) is 11.8 Å². The molecule has 5 aliphatic rings. The van der Waals surface area contributed by atoms with E-state index in [1.165, 1.54) is 39.4 Å². The number of anilines is 4. The molecular weight excluding hydrogens is 328 g/mol. The highest BCUT2D eigenvalue weighted by Gasteiger charge is 2.78. The monoisotopic (exact) mass is 348 g/mol. The van der Waals surface area contributed by atoms with E-state index >= 15 is 0 Å². The van der Waals surface area contributed by atoms with Gasteiger partial charge in [-0.05, 0) is 47.9 Å². The summed E-state index contributed by atoms with van der Waals surface area (Å²) < 4.78 is 0. The predicted molar refractivity (Wildman–Crippen MR) is 110 cm³/mol. The van der Waals surface area contributed by atoms with E-state index in [-0.39, 0.29) is 17.0 Å². The van der Waals surface area contributed by atoms with Gasteiger partial charge in [0.2, 0.25) is 0 Å². The van der Waals surface area contributed by atoms with E-state index in [1.807, 2.05) is 0 Å². The van der Waals surface area contributed by atoms with E-state index in [0.717, 1.165) is 6.42 Å². The maximum Gasteiger partial charge on any atom is 0.122 e. The van der Waals surface area contributed by atoms with E-state index < -0.39 is 0 Å². The molecule has 3 aromatic carbocycles. The fraction of sp³-hybridized carbons (Fsp3) is 0.200. The summed E-state index contributed by atoms with van der Waals surface area (Å²) in [6.07, 6.45) is 1.30. The van der Waals surface area contributed by atoms with Crippen LogP contribution in [0.2, 0.25) is 0 Å². The van der Waals surface area contributed by atoms with Gasteiger partial charge in [-0.2, -0.15) is 0 Å². The Morgan fingerprint density at radius 2 is 1.44 bits per heavy atom. The highest BCUT2D eigenvalue weighted by molar-refractivity contribution is 5.94. The Bertz CT molecular complexity index is 1160. The Hall–Kier alpha value is -3.00. The number of para-hydroxylation sites is 3. The van der Waals surface area contributed by atoms with Gasteiger partial charge in [-0.25, -0.2) is 0 Å². The summed E-state index contributed by atoms with van der Waals surface area (Å²) in [4.78, 5) is 5.14. The van der Waals surface area contributed by atoms with E-state index in [2.05, 4.69) is 96.1 Å². The minimum atomic E-state index is 0.0256. The maximum absolute atomic E-state index is 4.65. The van der Waals surface area contributed by atoms with Crippen LogP contribution in [0.3, 0.4) is 0 Å². The van der Waals surface area contributed by atoms with Crippen molar-refractivity contribution < 1.29 is 0 Å². The second kappa shape index (κ2) is 4.12. The fourth-order valence-corrected chi connectivity index (χ4v) is 6.33. The molecule has 130 valence electrons. The van der Waals surface area contributed by atoms with Crippen LogP contribution in [0, 0.1) is 5.41 Å². The summed E-state index contributed by atoms with van der Waals surface area (Å²) >= 11 is 0. The largest absolute Gasteiger partial charge is 0.317 e. The zero-order valence-corrected chi connectivity index (χ0v) is 15.3. The van der Waals surface area contributed by atoms with Crippen molar-refractivity contribution in [1.29, 1.82) is 0 Å². The molecule has 3 aromatic rings. The van der Waals surface area contributed by atoms with Crippen molar-refractivity contribution in [1.82, 2.24) is 0 Å². The first-order chi connectivity index (χ1) is 13.2. The molecule has 1 aliphatic carbocycles. The smallest absolute Gasteiger partial charge is 0.122 e. The Kier molecular flexibility index (Phi) is 2.15. The van der Waals surface area contributed by atoms with Gasteiger partial charge in [-0.15, -0.1) is 0 Å². The van der Waals surface area contributed by atoms with Crippen LogP contribution in [0.25, 0.3) is 0 Å². The normalized spacial score (nSPS) is 30.9. The molecule has 2 heteroatoms. The second-order valence-electron chi connectivity index (χ2n) is 8.54. The summed E-state index contributed by atoms with van der Waals surface area (Å²) in [7, 11) is 0. The SMILES string of the molecule is C=C1C2(C)c3ccccc3N3c4ccccc4N4c5ccc(cc5)CC12C43. The van der Waals surface area contributed by atoms with Gasteiger partial charge in [0.15, 0.2) is 0 Å². The molecule has 4 heterocycles. The molecule has 0 amide bonds. The van der Waals surface area contributed by atoms with Crippen LogP contribution in [0.4, 0.5) is 22.7 Å². The minimum absolute atomic E-state index is 0.0256. The Balaban J connectivity index is 1.65. The first kappa shape index (κ1) is 14.1. The Labute approximate surface area is 159 Å². The van der Waals surface area contributed by atoms with Crippen LogP contribution in [0.1, 0.15) is 18.1 Å². The van der Waals surface area contributed by atoms with Gasteiger partial charge in [-0.1, -0.05) is 61.5 Å². The van der Waals surface area contributed by atoms with Gasteiger partial charge in [0, 0.05) is 22.2 Å². The molecule has 1 saturated carbocycles. The van der Waals surface area contributed by atoms with Gasteiger partial charge in [-0.3, -0.25) is 0 Å². The number of fused-ring (bicyclic) bond motifs is 7. The third-order valence-corrected chi connectivity index (χ3v) is 7.70. The molecule has 2 nitrogen and oxygen atoms in total. The van der Waals surface area contributed by atoms with Gasteiger partial charge >= 0.3 is 0 Å². The number of rotatable bonds is 0. The average molecular weight is 348 g/mol. The molecule has 0 N–H and O–H groups in total. The van der Waals surface area contributed by atoms with Crippen molar-refractivity contribution in [2.45, 2.75) is 24.9 Å². The molecule has 1 fully saturated rings. The van der Waals surface area contributed by atoms with Crippen LogP contribution in [0.15, 0.2) is 84.9 Å². The first-order valence-electron chi connectivity index (χ1n) is 9.74. The molecule has 3 unspecified atom stereocenters. The number of benzene rings is 3. The zero-order valence-electron chi connectivity index (χ0n) is 15.3. The second-order valence-corrected chi connectivity index (χ2v) is 8.54. The third-order valence-electron chi connectivity index (χ3n) is 7.70. The van der Waals surface area contributed by atoms with Crippen LogP contribution in [0.5, 0.6) is 0 Å². The molecule has 2 bridgehead atoms. The highest BCUT2D eigenvalue weighted by Crippen LogP contribution is 2.79. The van der Waals surface area contributed by atoms with Crippen LogP contribution in [-0.4, -0.2) is 6.17 Å². The number of nitrogens with zero attached hydrogens (tertiary/aromatic N) is 2. The number of hydrogen-bond donors (Lipinski definition) is 0. The summed E-state index contributed by atoms with van der Waals surface area (Å²) in [5.74, 6) is 0. The van der Waals surface area contributed by atoms with Crippen LogP contribution < -0.4 is 9.80 Å². The molecule has 0 radical (unpaired) electrons. The molecule has 3 atom stereocenters. The lowest BCUT2D eigenvalue weighted by atomic mass is 9.76. The summed E-state index contributed by atoms with van der Waals surface area (Å²) in [6, 6.07) is 27.0. The number of hydrogen-bond acceptors (Lipinski definition) is 2. The summed E-state index contributed by atoms with van der Waals surface area (Å²) in [5, 5.41) is 0. The molecule has 0 aromatic heterocycles. The molecule has 1 spiro atoms. The minimum Gasteiger partial charge on any atom is -0.317 e. The standard InChI is InChI=1S/C25H20N2/c1-16-24(2)19-7-3-4-8-20(19)27-22-10-6-5-9-21(22)26-18-13-11-17(12-14-18)15-25(16,24)23(26)27/h3-14,23H,1,15H2,2H3. The molecular formula is C25H20N2. The molecule has 0 saturated heterocycles. The van der Waals surface area contributed by atoms with E-state index in [4.69, 9.17) is 0 Å². The maximum atomic E-state index is 4.65. The van der Waals surface area contributed by atoms with Crippen molar-refractivity contribution in [3.8, 4) is 0 Å². The lowest BCUT2D eigenvalue weighted by Gasteiger charge is -2.46. The fourth-order valence-electron chi connectivity index (χ4n) is 6.33. The predicted octanol–water partition coefficient (Wildman–Crippen LogP) is 5.69. The van der Waals surface area contributed by atoms with Crippen molar-refractivity contribution in [3.63, 3.8) is 0 Å². The van der Waals surface area contributed by atoms with Crippen molar-refractivity contribution in [2.75, 3.05) is 9.80 Å². The van der Waals surface area contributed by atoms with Gasteiger partial charge in [0.1, 0.15) is 6.17 Å². The Morgan fingerprint density at radius 1 is 0.815 bits per heavy atom. The molecule has 4 aliphatic heterocycles. The highest BCUT2D eigenvalue weighted by atomic mass is 15.5. The lowest BCUT2D eigenvalue weighted by molar-refractivity contribution is 0.340. The topological polar surface area (TPSA) is 6.48 Å². The Morgan fingerprint density at radius 3 is 2.19 bits per heavy atom. The van der Waals surface area contributed by atoms with Gasteiger partial charge in [0.05, 0.1) is 11.4 Å². The summed E-state index contributed by atoms with van der Waals surface area (Å²) in [5.41, 5.74) is 9.51. The van der Waals surface area contributed by atoms with Gasteiger partial charge in [0.25, 0.3) is 0 Å². The van der Waals surface area contributed by atoms with E-state index in [0.29, 0.717) is 0 Å². The van der Waals surface area contributed by atoms with E-state index in [9.17, 15) is 0 Å². The molecule has 27 heavy (non-hydrogen) atoms. The van der Waals surface area contributed by atoms with E-state index in [1.54, 1.807) is 0 Å². The van der Waals surface area contributed by atoms with Crippen molar-refractivity contribution in [3.05, 3.63) is 96.1 Å². The quantitative estimate of drug-likeness (QED) is 0.482. The van der Waals surface area contributed by atoms with Gasteiger partial charge < -0.3 is 9.80 Å². The summed E-state index contributed by atoms with van der Waals surface area (Å²) in [6.45, 7) is 7.07. The molecule has 8 rings (SSSR count). The van der Waals surface area contributed by atoms with Crippen LogP contribution >= 0.6 is 0 Å². The van der Waals surface area contributed by atoms with Crippen molar-refractivity contribution in [2.24, 2.45) is 5.41 Å². The third kappa shape index (κ3) is 1.28. The average Bonchev–Trinajstić information content (AvgIpc) is 3.02. The van der Waals surface area contributed by atoms with Crippen molar-refractivity contribution >= 4 is 22.7 Å². The lowest BCUT2D eigenvalue weighted by Crippen LogP contribution is -2.52. The first-order valence-corrected chi connectivity index (χ1v) is 9.74. The zero-order chi connectivity index (χ0) is 18.0.